The molecule has 0 atom stereocenters. The van der Waals surface area contributed by atoms with E-state index in [-0.39, 0.29) is 77.8 Å². The molecule has 16 nitrogen and oxygen atoms in total. The van der Waals surface area contributed by atoms with Gasteiger partial charge in [-0.2, -0.15) is 0 Å². The molecule has 0 saturated carbocycles. The maximum atomic E-state index is 11.8. The minimum atomic E-state index is -0.609. The Morgan fingerprint density at radius 2 is 1.27 bits per heavy atom. The van der Waals surface area contributed by atoms with E-state index in [9.17, 15) is 38.7 Å². The van der Waals surface area contributed by atoms with Crippen molar-refractivity contribution in [3.8, 4) is 11.5 Å². The first kappa shape index (κ1) is 55.3. The summed E-state index contributed by atoms with van der Waals surface area (Å²) in [6, 6.07) is 28.6. The number of nitrogens with one attached hydrogen (secondary N) is 4. The average Bonchev–Trinajstić information content (AvgIpc) is 3.25. The van der Waals surface area contributed by atoms with Crippen LogP contribution in [0.4, 0.5) is 5.69 Å². The molecule has 0 aliphatic heterocycles. The highest BCUT2D eigenvalue weighted by atomic mass is 16.5. The van der Waals surface area contributed by atoms with Gasteiger partial charge < -0.3 is 44.0 Å². The second-order valence-electron chi connectivity index (χ2n) is 17.6. The summed E-state index contributed by atoms with van der Waals surface area (Å²) in [5.41, 5.74) is 3.64. The molecule has 16 heteroatoms. The van der Waals surface area contributed by atoms with Crippen molar-refractivity contribution in [3.05, 3.63) is 167 Å². The van der Waals surface area contributed by atoms with Gasteiger partial charge in [-0.1, -0.05) is 45.5 Å². The summed E-state index contributed by atoms with van der Waals surface area (Å²) in [6.07, 6.45) is 0.208. The van der Waals surface area contributed by atoms with Crippen LogP contribution in [-0.2, 0) is 16.0 Å². The van der Waals surface area contributed by atoms with E-state index in [2.05, 4.69) is 20.9 Å². The highest BCUT2D eigenvalue weighted by Crippen LogP contribution is 2.24. The number of aromatic nitrogens is 1. The molecule has 0 spiro atoms. The fraction of sp³-hybridized carbons (Fsp3) is 0.291. The molecule has 0 unspecified atom stereocenters. The van der Waals surface area contributed by atoms with Gasteiger partial charge >= 0.3 is 16.9 Å². The molecule has 0 radical (unpaired) electrons. The molecule has 0 saturated heterocycles. The van der Waals surface area contributed by atoms with Crippen LogP contribution in [0.1, 0.15) is 89.9 Å². The lowest BCUT2D eigenvalue weighted by molar-refractivity contribution is -0.121. The van der Waals surface area contributed by atoms with Crippen LogP contribution in [0, 0.1) is 19.8 Å². The largest absolute Gasteiger partial charge is 0.508 e. The second-order valence-corrected chi connectivity index (χ2v) is 17.6. The lowest BCUT2D eigenvalue weighted by Crippen LogP contribution is -2.33. The number of benzene rings is 4. The number of para-hydroxylation sites is 1. The number of aromatic hydroxyl groups is 1. The normalized spacial score (nSPS) is 10.7. The van der Waals surface area contributed by atoms with Gasteiger partial charge in [-0.3, -0.25) is 19.2 Å². The van der Waals surface area contributed by atoms with E-state index in [1.165, 1.54) is 24.3 Å². The zero-order valence-electron chi connectivity index (χ0n) is 40.8. The zero-order chi connectivity index (χ0) is 51.4. The van der Waals surface area contributed by atoms with Crippen LogP contribution in [0.2, 0.25) is 0 Å². The number of pyridine rings is 1. The number of phenolic OH excluding ortho intramolecular Hbond substituents is 1. The molecular formula is C55H62N4O12. The van der Waals surface area contributed by atoms with Gasteiger partial charge in [0, 0.05) is 75.6 Å². The Bertz CT molecular complexity index is 3420. The third-order valence-electron chi connectivity index (χ3n) is 10.1. The molecule has 3 amide bonds. The van der Waals surface area contributed by atoms with Crippen LogP contribution in [0.3, 0.4) is 0 Å². The quantitative estimate of drug-likeness (QED) is 0.0850. The number of H-pyrrole nitrogens is 1. The number of fused-ring (bicyclic) bond motifs is 4. The molecule has 8 aromatic rings. The SMILES string of the molecule is C.CC(C)NC(=O)Cc1cc(=O)oc2cc(O)ccc12.CC(C)NC(=O)c1cc2ccccc2oc1=O.Cc1cc(=O)[nH]c2cc(NC(=O)C(C)C)ccc12.Cc1cc(=O)oc2cc(OC(C)C)ccc12. The molecule has 71 heavy (non-hydrogen) atoms. The Morgan fingerprint density at radius 3 is 1.93 bits per heavy atom. The standard InChI is InChI=1S/C14H16N2O2.C14H15NO4.C13H13NO3.C13H14O3.CH4/c1-8(2)14(18)15-10-4-5-11-9(3)6-13(17)16-12(11)7-10;1-8(2)15-13(17)5-9-6-14(18)19-12-7-10(16)3-4-11(9)12;1-8(2)14-12(15)10-7-9-5-3-4-6-11(9)17-13(10)16;1-8(2)15-10-4-5-11-9(3)6-13(14)16-12(11)7-10;/h4-8H,1-3H3,(H,15,18)(H,16,17);3-4,6-8,16H,5H2,1-2H3,(H,15,17);3-8H,1-2H3,(H,14,15);4-8H,1-3H3;1H4. The molecule has 374 valence electrons. The maximum absolute atomic E-state index is 11.8. The van der Waals surface area contributed by atoms with E-state index >= 15 is 0 Å². The number of phenols is 1. The van der Waals surface area contributed by atoms with Crippen molar-refractivity contribution in [2.24, 2.45) is 5.92 Å². The highest BCUT2D eigenvalue weighted by molar-refractivity contribution is 5.97. The Hall–Kier alpha value is -8.27. The molecule has 0 aliphatic rings. The molecule has 0 fully saturated rings. The van der Waals surface area contributed by atoms with Crippen LogP contribution in [0.25, 0.3) is 43.8 Å². The third-order valence-corrected chi connectivity index (χ3v) is 10.1. The van der Waals surface area contributed by atoms with Crippen molar-refractivity contribution in [1.82, 2.24) is 15.6 Å². The van der Waals surface area contributed by atoms with E-state index in [4.69, 9.17) is 18.0 Å². The van der Waals surface area contributed by atoms with E-state index in [0.29, 0.717) is 27.8 Å². The number of hydrogen-bond acceptors (Lipinski definition) is 12. The number of aryl methyl sites for hydroxylation is 2. The Balaban J connectivity index is 0.000000205. The molecular weight excluding hydrogens is 909 g/mol. The van der Waals surface area contributed by atoms with Crippen molar-refractivity contribution in [2.45, 2.75) is 101 Å². The number of carbonyl (C=O) groups excluding carboxylic acids is 3. The van der Waals surface area contributed by atoms with Crippen molar-refractivity contribution in [2.75, 3.05) is 5.32 Å². The average molecular weight is 971 g/mol. The second kappa shape index (κ2) is 24.8. The Morgan fingerprint density at radius 1 is 0.648 bits per heavy atom. The summed E-state index contributed by atoms with van der Waals surface area (Å²) >= 11 is 0. The van der Waals surface area contributed by atoms with Crippen LogP contribution in [-0.4, -0.2) is 46.0 Å². The van der Waals surface area contributed by atoms with Gasteiger partial charge in [0.2, 0.25) is 17.4 Å². The molecule has 8 rings (SSSR count). The van der Waals surface area contributed by atoms with Gasteiger partial charge in [0.25, 0.3) is 5.91 Å². The lowest BCUT2D eigenvalue weighted by Gasteiger charge is -2.10. The van der Waals surface area contributed by atoms with Crippen LogP contribution in [0.15, 0.2) is 136 Å². The maximum Gasteiger partial charge on any atom is 0.349 e. The monoisotopic (exact) mass is 970 g/mol. The van der Waals surface area contributed by atoms with Gasteiger partial charge in [-0.05, 0) is 121 Å². The fourth-order valence-electron chi connectivity index (χ4n) is 6.92. The van der Waals surface area contributed by atoms with Gasteiger partial charge in [0.1, 0.15) is 33.8 Å². The first-order valence-electron chi connectivity index (χ1n) is 22.6. The Labute approximate surface area is 410 Å². The van der Waals surface area contributed by atoms with Crippen molar-refractivity contribution < 1.29 is 37.5 Å². The number of rotatable bonds is 9. The van der Waals surface area contributed by atoms with Gasteiger partial charge in [0.15, 0.2) is 0 Å². The van der Waals surface area contributed by atoms with Crippen LogP contribution >= 0.6 is 0 Å². The lowest BCUT2D eigenvalue weighted by atomic mass is 10.1. The van der Waals surface area contributed by atoms with E-state index in [1.54, 1.807) is 48.5 Å². The predicted molar refractivity (Wildman–Crippen MR) is 279 cm³/mol. The van der Waals surface area contributed by atoms with E-state index in [1.807, 2.05) is 99.6 Å². The van der Waals surface area contributed by atoms with Crippen molar-refractivity contribution in [1.29, 1.82) is 0 Å². The molecule has 4 aromatic carbocycles. The summed E-state index contributed by atoms with van der Waals surface area (Å²) in [4.78, 5) is 83.6. The fourth-order valence-corrected chi connectivity index (χ4v) is 6.92. The topological polar surface area (TPSA) is 240 Å². The number of amides is 3. The van der Waals surface area contributed by atoms with Gasteiger partial charge in [-0.15, -0.1) is 0 Å². The number of aromatic amines is 1. The minimum absolute atomic E-state index is 0. The smallest absolute Gasteiger partial charge is 0.349 e. The highest BCUT2D eigenvalue weighted by Gasteiger charge is 2.15. The number of ether oxygens (including phenoxy) is 1. The van der Waals surface area contributed by atoms with E-state index < -0.39 is 17.2 Å². The van der Waals surface area contributed by atoms with E-state index in [0.717, 1.165) is 38.6 Å². The summed E-state index contributed by atoms with van der Waals surface area (Å²) in [7, 11) is 0. The van der Waals surface area contributed by atoms with Gasteiger partial charge in [0.05, 0.1) is 18.0 Å². The van der Waals surface area contributed by atoms with Crippen molar-refractivity contribution in [3.63, 3.8) is 0 Å². The number of anilines is 1. The number of carbonyl (C=O) groups is 3. The first-order chi connectivity index (χ1) is 33.1. The molecule has 0 bridgehead atoms. The molecule has 5 N–H and O–H groups in total. The molecule has 4 heterocycles. The summed E-state index contributed by atoms with van der Waals surface area (Å²) in [5, 5.41) is 20.9. The van der Waals surface area contributed by atoms with Crippen molar-refractivity contribution >= 4 is 67.2 Å². The van der Waals surface area contributed by atoms with Crippen LogP contribution in [0.5, 0.6) is 11.5 Å². The van der Waals surface area contributed by atoms with Crippen LogP contribution < -0.4 is 43.1 Å². The first-order valence-corrected chi connectivity index (χ1v) is 22.6. The predicted octanol–water partition coefficient (Wildman–Crippen LogP) is 9.45. The summed E-state index contributed by atoms with van der Waals surface area (Å²) < 4.78 is 20.7. The molecule has 0 aliphatic carbocycles. The molecule has 4 aromatic heterocycles. The summed E-state index contributed by atoms with van der Waals surface area (Å²) in [6.45, 7) is 18.8. The number of hydrogen-bond donors (Lipinski definition) is 5. The van der Waals surface area contributed by atoms with Gasteiger partial charge in [-0.25, -0.2) is 14.4 Å². The third kappa shape index (κ3) is 15.9. The minimum Gasteiger partial charge on any atom is -0.508 e. The summed E-state index contributed by atoms with van der Waals surface area (Å²) in [5.74, 6) is 0.0618. The zero-order valence-corrected chi connectivity index (χ0v) is 40.8. The Kier molecular flexibility index (Phi) is 19.4.